The predicted molar refractivity (Wildman–Crippen MR) is 79.2 cm³/mol. The van der Waals surface area contributed by atoms with Gasteiger partial charge in [0.25, 0.3) is 0 Å². The summed E-state index contributed by atoms with van der Waals surface area (Å²) in [5.74, 6) is 0.496. The lowest BCUT2D eigenvalue weighted by atomic mass is 10.3. The van der Waals surface area contributed by atoms with E-state index in [2.05, 4.69) is 4.72 Å². The average molecular weight is 302 g/mol. The summed E-state index contributed by atoms with van der Waals surface area (Å²) >= 11 is 0. The summed E-state index contributed by atoms with van der Waals surface area (Å²) in [4.78, 5) is 0. The summed E-state index contributed by atoms with van der Waals surface area (Å²) in [6.07, 6.45) is 0.673. The molecule has 1 atom stereocenters. The van der Waals surface area contributed by atoms with Gasteiger partial charge in [0.15, 0.2) is 0 Å². The van der Waals surface area contributed by atoms with E-state index in [-0.39, 0.29) is 18.4 Å². The number of nitrogens with one attached hydrogen (secondary N) is 1. The van der Waals surface area contributed by atoms with Gasteiger partial charge in [-0.3, -0.25) is 0 Å². The summed E-state index contributed by atoms with van der Waals surface area (Å²) in [6, 6.07) is 6.60. The minimum atomic E-state index is -3.37. The van der Waals surface area contributed by atoms with Gasteiger partial charge in [0, 0.05) is 18.8 Å². The van der Waals surface area contributed by atoms with Crippen molar-refractivity contribution in [3.05, 3.63) is 24.3 Å². The van der Waals surface area contributed by atoms with Crippen molar-refractivity contribution in [1.29, 1.82) is 0 Å². The Morgan fingerprint density at radius 1 is 1.30 bits per heavy atom. The van der Waals surface area contributed by atoms with Gasteiger partial charge in [-0.15, -0.1) is 0 Å². The van der Waals surface area contributed by atoms with Gasteiger partial charge in [-0.2, -0.15) is 0 Å². The Hall–Kier alpha value is -1.31. The molecule has 1 aromatic carbocycles. The van der Waals surface area contributed by atoms with Gasteiger partial charge in [0.1, 0.15) is 12.4 Å². The van der Waals surface area contributed by atoms with Crippen LogP contribution in [0.3, 0.4) is 0 Å². The predicted octanol–water partition coefficient (Wildman–Crippen LogP) is 0.992. The van der Waals surface area contributed by atoms with Crippen molar-refractivity contribution in [3.63, 3.8) is 0 Å². The summed E-state index contributed by atoms with van der Waals surface area (Å²) in [5, 5.41) is 0. The van der Waals surface area contributed by atoms with E-state index in [1.807, 2.05) is 6.92 Å². The number of nitrogen functional groups attached to an aromatic ring is 1. The molecular weight excluding hydrogens is 280 g/mol. The molecule has 20 heavy (non-hydrogen) atoms. The van der Waals surface area contributed by atoms with Crippen LogP contribution in [0.2, 0.25) is 0 Å². The highest BCUT2D eigenvalue weighted by atomic mass is 32.2. The van der Waals surface area contributed by atoms with Crippen LogP contribution in [0.4, 0.5) is 5.69 Å². The highest BCUT2D eigenvalue weighted by Gasteiger charge is 2.16. The zero-order chi connectivity index (χ0) is 15.0. The highest BCUT2D eigenvalue weighted by molar-refractivity contribution is 7.89. The molecule has 1 rings (SSSR count). The molecule has 0 fully saturated rings. The first-order chi connectivity index (χ1) is 9.46. The molecule has 0 aromatic heterocycles. The smallest absolute Gasteiger partial charge is 0.215 e. The minimum absolute atomic E-state index is 0.0860. The molecule has 0 aliphatic rings. The number of nitrogens with two attached hydrogens (primary N) is 1. The maximum atomic E-state index is 11.9. The molecule has 1 unspecified atom stereocenters. The molecule has 0 heterocycles. The van der Waals surface area contributed by atoms with Crippen molar-refractivity contribution >= 4 is 15.7 Å². The lowest BCUT2D eigenvalue weighted by Crippen LogP contribution is -2.39. The van der Waals surface area contributed by atoms with Crippen molar-refractivity contribution in [2.45, 2.75) is 19.4 Å². The Morgan fingerprint density at radius 3 is 2.50 bits per heavy atom. The summed E-state index contributed by atoms with van der Waals surface area (Å²) in [6.45, 7) is 2.34. The molecular formula is C13H22N2O4S. The van der Waals surface area contributed by atoms with Crippen molar-refractivity contribution in [1.82, 2.24) is 4.72 Å². The van der Waals surface area contributed by atoms with E-state index in [9.17, 15) is 8.42 Å². The molecule has 0 aliphatic carbocycles. The van der Waals surface area contributed by atoms with Gasteiger partial charge in [-0.05, 0) is 30.7 Å². The van der Waals surface area contributed by atoms with E-state index in [1.54, 1.807) is 31.4 Å². The largest absolute Gasteiger partial charge is 0.492 e. The number of hydrogen-bond donors (Lipinski definition) is 2. The first-order valence-corrected chi connectivity index (χ1v) is 8.09. The first-order valence-electron chi connectivity index (χ1n) is 6.44. The van der Waals surface area contributed by atoms with E-state index in [4.69, 9.17) is 15.2 Å². The second-order valence-electron chi connectivity index (χ2n) is 4.41. The topological polar surface area (TPSA) is 90.6 Å². The molecule has 1 aromatic rings. The molecule has 0 aliphatic heterocycles. The fourth-order valence-electron chi connectivity index (χ4n) is 1.58. The number of anilines is 1. The third-order valence-corrected chi connectivity index (χ3v) is 4.10. The Kier molecular flexibility index (Phi) is 6.77. The zero-order valence-electron chi connectivity index (χ0n) is 11.8. The molecule has 0 amide bonds. The Bertz CT molecular complexity index is 488. The van der Waals surface area contributed by atoms with Crippen LogP contribution in [-0.4, -0.2) is 40.5 Å². The van der Waals surface area contributed by atoms with Crippen molar-refractivity contribution in [2.75, 3.05) is 31.8 Å². The van der Waals surface area contributed by atoms with Gasteiger partial charge in [0.2, 0.25) is 10.0 Å². The van der Waals surface area contributed by atoms with Crippen LogP contribution in [0, 0.1) is 0 Å². The minimum Gasteiger partial charge on any atom is -0.492 e. The van der Waals surface area contributed by atoms with E-state index < -0.39 is 10.0 Å². The summed E-state index contributed by atoms with van der Waals surface area (Å²) < 4.78 is 36.6. The van der Waals surface area contributed by atoms with Crippen LogP contribution in [0.25, 0.3) is 0 Å². The summed E-state index contributed by atoms with van der Waals surface area (Å²) in [5.41, 5.74) is 6.19. The van der Waals surface area contributed by atoms with Gasteiger partial charge in [-0.1, -0.05) is 6.92 Å². The number of hydrogen-bond acceptors (Lipinski definition) is 5. The van der Waals surface area contributed by atoms with Crippen molar-refractivity contribution in [2.24, 2.45) is 0 Å². The van der Waals surface area contributed by atoms with Crippen molar-refractivity contribution in [3.8, 4) is 5.75 Å². The van der Waals surface area contributed by atoms with Crippen LogP contribution < -0.4 is 15.2 Å². The summed E-state index contributed by atoms with van der Waals surface area (Å²) in [7, 11) is -1.83. The van der Waals surface area contributed by atoms with Gasteiger partial charge in [0.05, 0.1) is 12.4 Å². The Labute approximate surface area is 120 Å². The van der Waals surface area contributed by atoms with Gasteiger partial charge < -0.3 is 15.2 Å². The maximum Gasteiger partial charge on any atom is 0.215 e. The van der Waals surface area contributed by atoms with E-state index >= 15 is 0 Å². The van der Waals surface area contributed by atoms with Crippen LogP contribution in [0.15, 0.2) is 24.3 Å². The fraction of sp³-hybridized carbons (Fsp3) is 0.538. The van der Waals surface area contributed by atoms with Gasteiger partial charge in [-0.25, -0.2) is 13.1 Å². The van der Waals surface area contributed by atoms with E-state index in [1.165, 1.54) is 0 Å². The van der Waals surface area contributed by atoms with E-state index in [0.29, 0.717) is 24.5 Å². The molecule has 3 N–H and O–H groups in total. The monoisotopic (exact) mass is 302 g/mol. The number of benzene rings is 1. The van der Waals surface area contributed by atoms with Crippen LogP contribution in [0.1, 0.15) is 13.3 Å². The molecule has 0 spiro atoms. The van der Waals surface area contributed by atoms with Crippen molar-refractivity contribution < 1.29 is 17.9 Å². The molecule has 7 heteroatoms. The first kappa shape index (κ1) is 16.7. The molecule has 114 valence electrons. The second-order valence-corrected chi connectivity index (χ2v) is 6.29. The molecule has 0 radical (unpaired) electrons. The maximum absolute atomic E-state index is 11.9. The molecule has 6 nitrogen and oxygen atoms in total. The lowest BCUT2D eigenvalue weighted by molar-refractivity contribution is 0.173. The molecule has 0 saturated heterocycles. The number of ether oxygens (including phenoxy) is 2. The second kappa shape index (κ2) is 8.08. The normalized spacial score (nSPS) is 13.1. The average Bonchev–Trinajstić information content (AvgIpc) is 2.40. The van der Waals surface area contributed by atoms with Crippen LogP contribution in [-0.2, 0) is 14.8 Å². The van der Waals surface area contributed by atoms with Crippen LogP contribution in [0.5, 0.6) is 5.75 Å². The number of methoxy groups -OCH3 is 1. The van der Waals surface area contributed by atoms with Crippen LogP contribution >= 0.6 is 0 Å². The third kappa shape index (κ3) is 6.23. The number of sulfonamides is 1. The SMILES string of the molecule is CCC(COC)NS(=O)(=O)CCOc1ccc(N)cc1. The standard InChI is InChI=1S/C13H22N2O4S/c1-3-12(10-18-2)15-20(16,17)9-8-19-13-6-4-11(14)5-7-13/h4-7,12,15H,3,8-10,14H2,1-2H3. The third-order valence-electron chi connectivity index (χ3n) is 2.71. The lowest BCUT2D eigenvalue weighted by Gasteiger charge is -2.16. The van der Waals surface area contributed by atoms with Gasteiger partial charge >= 0.3 is 0 Å². The number of rotatable bonds is 9. The fourth-order valence-corrected chi connectivity index (χ4v) is 2.75. The Morgan fingerprint density at radius 2 is 1.95 bits per heavy atom. The molecule has 0 bridgehead atoms. The Balaban J connectivity index is 2.41. The quantitative estimate of drug-likeness (QED) is 0.664. The molecule has 0 saturated carbocycles. The van der Waals surface area contributed by atoms with E-state index in [0.717, 1.165) is 0 Å². The highest BCUT2D eigenvalue weighted by Crippen LogP contribution is 2.12. The zero-order valence-corrected chi connectivity index (χ0v) is 12.7.